The number of likely N-dealkylation sites (tertiary alicyclic amines) is 1. The molecule has 0 spiro atoms. The second kappa shape index (κ2) is 7.65. The van der Waals surface area contributed by atoms with Crippen molar-refractivity contribution in [1.82, 2.24) is 9.80 Å². The molecule has 1 aliphatic rings. The van der Waals surface area contributed by atoms with Gasteiger partial charge in [0.15, 0.2) is 0 Å². The largest absolute Gasteiger partial charge is 0.383 e. The van der Waals surface area contributed by atoms with Gasteiger partial charge < -0.3 is 10.2 Å². The van der Waals surface area contributed by atoms with Gasteiger partial charge in [0.1, 0.15) is 0 Å². The minimum atomic E-state index is 0.563. The smallest absolute Gasteiger partial charge is 0.0340 e. The Hall–Kier alpha value is -1.06. The van der Waals surface area contributed by atoms with E-state index in [1.54, 1.807) is 0 Å². The molecule has 1 N–H and O–H groups in total. The first-order valence-electron chi connectivity index (χ1n) is 7.94. The van der Waals surface area contributed by atoms with Crippen molar-refractivity contribution in [2.45, 2.75) is 38.8 Å². The predicted molar refractivity (Wildman–Crippen MR) is 87.3 cm³/mol. The van der Waals surface area contributed by atoms with Crippen LogP contribution >= 0.6 is 0 Å². The van der Waals surface area contributed by atoms with Crippen LogP contribution in [0.4, 0.5) is 5.69 Å². The summed E-state index contributed by atoms with van der Waals surface area (Å²) < 4.78 is 0. The van der Waals surface area contributed by atoms with Gasteiger partial charge in [-0.25, -0.2) is 0 Å². The number of nitrogens with one attached hydrogen (secondary N) is 1. The monoisotopic (exact) mass is 275 g/mol. The molecule has 1 aromatic carbocycles. The van der Waals surface area contributed by atoms with Gasteiger partial charge in [-0.05, 0) is 58.6 Å². The minimum absolute atomic E-state index is 0.563. The van der Waals surface area contributed by atoms with Gasteiger partial charge in [0.25, 0.3) is 0 Å². The molecular weight excluding hydrogens is 246 g/mol. The van der Waals surface area contributed by atoms with Crippen molar-refractivity contribution in [1.29, 1.82) is 0 Å². The van der Waals surface area contributed by atoms with Crippen molar-refractivity contribution in [3.63, 3.8) is 0 Å². The van der Waals surface area contributed by atoms with E-state index in [1.165, 1.54) is 38.2 Å². The molecule has 1 aliphatic heterocycles. The number of likely N-dealkylation sites (N-methyl/N-ethyl adjacent to an activating group) is 1. The number of hydrogen-bond donors (Lipinski definition) is 1. The van der Waals surface area contributed by atoms with E-state index in [-0.39, 0.29) is 0 Å². The summed E-state index contributed by atoms with van der Waals surface area (Å²) in [6, 6.07) is 11.8. The van der Waals surface area contributed by atoms with E-state index >= 15 is 0 Å². The lowest BCUT2D eigenvalue weighted by atomic mass is 10.0. The standard InChI is InChI=1S/C17H29N3/c1-4-20-12-10-17(11-13-20)19(3)15(2)14-18-16-8-6-5-7-9-16/h5-9,15,17-18H,4,10-14H2,1-3H3. The Morgan fingerprint density at radius 1 is 1.25 bits per heavy atom. The van der Waals surface area contributed by atoms with Crippen molar-refractivity contribution >= 4 is 5.69 Å². The van der Waals surface area contributed by atoms with E-state index in [2.05, 4.69) is 66.3 Å². The minimum Gasteiger partial charge on any atom is -0.383 e. The number of anilines is 1. The molecule has 1 heterocycles. The fourth-order valence-electron chi connectivity index (χ4n) is 2.97. The maximum absolute atomic E-state index is 3.53. The van der Waals surface area contributed by atoms with Crippen LogP contribution in [0.15, 0.2) is 30.3 Å². The molecule has 1 saturated heterocycles. The molecule has 2 rings (SSSR count). The second-order valence-corrected chi connectivity index (χ2v) is 5.93. The number of nitrogens with zero attached hydrogens (tertiary/aromatic N) is 2. The fourth-order valence-corrected chi connectivity index (χ4v) is 2.97. The molecule has 3 heteroatoms. The van der Waals surface area contributed by atoms with Gasteiger partial charge >= 0.3 is 0 Å². The molecule has 1 atom stereocenters. The van der Waals surface area contributed by atoms with Crippen LogP contribution in [0.3, 0.4) is 0 Å². The molecule has 20 heavy (non-hydrogen) atoms. The summed E-state index contributed by atoms with van der Waals surface area (Å²) in [5.41, 5.74) is 1.22. The molecule has 1 unspecified atom stereocenters. The number of hydrogen-bond acceptors (Lipinski definition) is 3. The molecule has 112 valence electrons. The first kappa shape index (κ1) is 15.3. The third-order valence-electron chi connectivity index (χ3n) is 4.65. The molecule has 0 amide bonds. The van der Waals surface area contributed by atoms with E-state index in [0.29, 0.717) is 6.04 Å². The van der Waals surface area contributed by atoms with E-state index in [1.807, 2.05) is 0 Å². The highest BCUT2D eigenvalue weighted by Crippen LogP contribution is 2.17. The molecule has 0 bridgehead atoms. The fraction of sp³-hybridized carbons (Fsp3) is 0.647. The van der Waals surface area contributed by atoms with Crippen LogP contribution < -0.4 is 5.32 Å². The average molecular weight is 275 g/mol. The van der Waals surface area contributed by atoms with Crippen molar-refractivity contribution in [2.75, 3.05) is 38.5 Å². The summed E-state index contributed by atoms with van der Waals surface area (Å²) in [6.07, 6.45) is 2.61. The zero-order chi connectivity index (χ0) is 14.4. The molecule has 1 aromatic rings. The quantitative estimate of drug-likeness (QED) is 0.861. The molecule has 1 fully saturated rings. The molecule has 0 aliphatic carbocycles. The van der Waals surface area contributed by atoms with Crippen LogP contribution in [-0.2, 0) is 0 Å². The summed E-state index contributed by atoms with van der Waals surface area (Å²) in [7, 11) is 2.28. The zero-order valence-electron chi connectivity index (χ0n) is 13.2. The van der Waals surface area contributed by atoms with Crippen molar-refractivity contribution in [3.8, 4) is 0 Å². The lowest BCUT2D eigenvalue weighted by Crippen LogP contribution is -2.48. The van der Waals surface area contributed by atoms with Gasteiger partial charge in [-0.15, -0.1) is 0 Å². The molecule has 3 nitrogen and oxygen atoms in total. The van der Waals surface area contributed by atoms with Gasteiger partial charge in [0, 0.05) is 24.3 Å². The highest BCUT2D eigenvalue weighted by Gasteiger charge is 2.24. The summed E-state index contributed by atoms with van der Waals surface area (Å²) >= 11 is 0. The van der Waals surface area contributed by atoms with Crippen molar-refractivity contribution in [2.24, 2.45) is 0 Å². The average Bonchev–Trinajstić information content (AvgIpc) is 2.53. The van der Waals surface area contributed by atoms with Crippen molar-refractivity contribution < 1.29 is 0 Å². The Bertz CT molecular complexity index is 371. The third kappa shape index (κ3) is 4.22. The third-order valence-corrected chi connectivity index (χ3v) is 4.65. The van der Waals surface area contributed by atoms with E-state index < -0.39 is 0 Å². The predicted octanol–water partition coefficient (Wildman–Crippen LogP) is 2.90. The van der Waals surface area contributed by atoms with Crippen LogP contribution in [0, 0.1) is 0 Å². The maximum Gasteiger partial charge on any atom is 0.0340 e. The van der Waals surface area contributed by atoms with Crippen LogP contribution in [0.2, 0.25) is 0 Å². The van der Waals surface area contributed by atoms with Gasteiger partial charge in [-0.2, -0.15) is 0 Å². The van der Waals surface area contributed by atoms with Gasteiger partial charge in [-0.1, -0.05) is 25.1 Å². The number of rotatable bonds is 6. The number of benzene rings is 1. The van der Waals surface area contributed by atoms with E-state index in [0.717, 1.165) is 12.6 Å². The molecule has 0 saturated carbocycles. The molecular formula is C17H29N3. The topological polar surface area (TPSA) is 18.5 Å². The summed E-state index contributed by atoms with van der Waals surface area (Å²) in [5.74, 6) is 0. The van der Waals surface area contributed by atoms with Crippen LogP contribution in [0.5, 0.6) is 0 Å². The molecule has 0 aromatic heterocycles. The Morgan fingerprint density at radius 3 is 2.50 bits per heavy atom. The Kier molecular flexibility index (Phi) is 5.86. The Labute approximate surface area is 124 Å². The zero-order valence-corrected chi connectivity index (χ0v) is 13.2. The maximum atomic E-state index is 3.53. The lowest BCUT2D eigenvalue weighted by Gasteiger charge is -2.39. The van der Waals surface area contributed by atoms with Crippen LogP contribution in [0.25, 0.3) is 0 Å². The normalized spacial score (nSPS) is 19.2. The summed E-state index contributed by atoms with van der Waals surface area (Å²) in [5, 5.41) is 3.53. The van der Waals surface area contributed by atoms with Crippen LogP contribution in [0.1, 0.15) is 26.7 Å². The van der Waals surface area contributed by atoms with E-state index in [9.17, 15) is 0 Å². The first-order valence-corrected chi connectivity index (χ1v) is 7.94. The number of para-hydroxylation sites is 1. The number of piperidine rings is 1. The Morgan fingerprint density at radius 2 is 1.90 bits per heavy atom. The van der Waals surface area contributed by atoms with Gasteiger partial charge in [0.2, 0.25) is 0 Å². The summed E-state index contributed by atoms with van der Waals surface area (Å²) in [6.45, 7) is 9.29. The first-order chi connectivity index (χ1) is 9.70. The van der Waals surface area contributed by atoms with Gasteiger partial charge in [-0.3, -0.25) is 4.90 Å². The van der Waals surface area contributed by atoms with Crippen LogP contribution in [-0.4, -0.2) is 55.1 Å². The van der Waals surface area contributed by atoms with Crippen molar-refractivity contribution in [3.05, 3.63) is 30.3 Å². The SMILES string of the molecule is CCN1CCC(N(C)C(C)CNc2ccccc2)CC1. The Balaban J connectivity index is 1.76. The second-order valence-electron chi connectivity index (χ2n) is 5.93. The van der Waals surface area contributed by atoms with Gasteiger partial charge in [0.05, 0.1) is 0 Å². The summed E-state index contributed by atoms with van der Waals surface area (Å²) in [4.78, 5) is 5.11. The highest BCUT2D eigenvalue weighted by molar-refractivity contribution is 5.42. The van der Waals surface area contributed by atoms with E-state index in [4.69, 9.17) is 0 Å². The lowest BCUT2D eigenvalue weighted by molar-refractivity contribution is 0.108. The molecule has 0 radical (unpaired) electrons. The highest BCUT2D eigenvalue weighted by atomic mass is 15.2.